The molecule has 2 aliphatic heterocycles. The van der Waals surface area contributed by atoms with Crippen molar-refractivity contribution in [3.63, 3.8) is 0 Å². The topological polar surface area (TPSA) is 77.6 Å². The number of nitrogens with zero attached hydrogens (tertiary/aromatic N) is 3. The molecule has 1 atom stereocenters. The summed E-state index contributed by atoms with van der Waals surface area (Å²) in [5.74, 6) is 0.669. The van der Waals surface area contributed by atoms with Crippen LogP contribution in [0.1, 0.15) is 18.4 Å². The maximum Gasteiger partial charge on any atom is 0.227 e. The van der Waals surface area contributed by atoms with Crippen molar-refractivity contribution in [1.82, 2.24) is 9.88 Å². The van der Waals surface area contributed by atoms with Gasteiger partial charge in [-0.25, -0.2) is 4.98 Å². The lowest BCUT2D eigenvalue weighted by Gasteiger charge is -2.33. The van der Waals surface area contributed by atoms with Gasteiger partial charge in [-0.1, -0.05) is 18.2 Å². The molecule has 2 N–H and O–H groups in total. The van der Waals surface area contributed by atoms with Crippen LogP contribution < -0.4 is 15.5 Å². The summed E-state index contributed by atoms with van der Waals surface area (Å²) in [6.07, 6.45) is 3.21. The molecule has 2 aliphatic rings. The maximum atomic E-state index is 12.3. The minimum absolute atomic E-state index is 0.00491. The first kappa shape index (κ1) is 19.4. The molecule has 2 aromatic rings. The second kappa shape index (κ2) is 8.61. The Hall–Kier alpha value is -2.93. The number of pyridine rings is 1. The number of fused-ring (bicyclic) bond motifs is 1. The molecule has 7 nitrogen and oxygen atoms in total. The second-order valence-electron chi connectivity index (χ2n) is 7.83. The third-order valence-electron chi connectivity index (χ3n) is 5.69. The highest BCUT2D eigenvalue weighted by atomic mass is 16.2. The minimum Gasteiger partial charge on any atom is -0.354 e. The van der Waals surface area contributed by atoms with E-state index in [0.717, 1.165) is 43.2 Å². The quantitative estimate of drug-likeness (QED) is 0.816. The first-order valence-electron chi connectivity index (χ1n) is 10.2. The SMILES string of the molecule is CN1CCN(c2ccc(NC(=O)CC[C@H]3Cc4ccccc4NC3=O)cn2)CC1. The van der Waals surface area contributed by atoms with Crippen molar-refractivity contribution in [1.29, 1.82) is 0 Å². The Balaban J connectivity index is 1.27. The van der Waals surface area contributed by atoms with E-state index in [-0.39, 0.29) is 17.7 Å². The Morgan fingerprint density at radius 1 is 1.17 bits per heavy atom. The molecule has 1 aromatic heterocycles. The average Bonchev–Trinajstić information content (AvgIpc) is 2.73. The van der Waals surface area contributed by atoms with Gasteiger partial charge in [-0.3, -0.25) is 9.59 Å². The molecule has 1 aromatic carbocycles. The number of carbonyl (C=O) groups excluding carboxylic acids is 2. The van der Waals surface area contributed by atoms with Crippen LogP contribution in [-0.4, -0.2) is 54.9 Å². The molecule has 0 unspecified atom stereocenters. The second-order valence-corrected chi connectivity index (χ2v) is 7.83. The van der Waals surface area contributed by atoms with Gasteiger partial charge in [-0.05, 0) is 43.7 Å². The highest BCUT2D eigenvalue weighted by Crippen LogP contribution is 2.27. The zero-order valence-electron chi connectivity index (χ0n) is 16.7. The molecule has 29 heavy (non-hydrogen) atoms. The first-order valence-corrected chi connectivity index (χ1v) is 10.2. The van der Waals surface area contributed by atoms with Gasteiger partial charge in [-0.15, -0.1) is 0 Å². The standard InChI is InChI=1S/C22H27N5O2/c1-26-10-12-27(13-11-26)20-8-7-18(15-23-20)24-21(28)9-6-17-14-16-4-2-3-5-19(16)25-22(17)29/h2-5,7-8,15,17H,6,9-14H2,1H3,(H,24,28)(H,25,29)/t17-/m0/s1. The number of hydrogen-bond donors (Lipinski definition) is 2. The van der Waals surface area contributed by atoms with Crippen molar-refractivity contribution >= 4 is 29.0 Å². The molecular weight excluding hydrogens is 366 g/mol. The lowest BCUT2D eigenvalue weighted by molar-refractivity contribution is -0.121. The van der Waals surface area contributed by atoms with Crippen LogP contribution in [0.15, 0.2) is 42.6 Å². The molecule has 7 heteroatoms. The van der Waals surface area contributed by atoms with Gasteiger partial charge in [0, 0.05) is 44.2 Å². The predicted octanol–water partition coefficient (Wildman–Crippen LogP) is 2.36. The van der Waals surface area contributed by atoms with Crippen LogP contribution in [0.3, 0.4) is 0 Å². The number of piperazine rings is 1. The van der Waals surface area contributed by atoms with Crippen LogP contribution in [0.5, 0.6) is 0 Å². The largest absolute Gasteiger partial charge is 0.354 e. The number of carbonyl (C=O) groups is 2. The Labute approximate surface area is 171 Å². The van der Waals surface area contributed by atoms with Crippen LogP contribution in [0, 0.1) is 5.92 Å². The van der Waals surface area contributed by atoms with Crippen molar-refractivity contribution in [2.24, 2.45) is 5.92 Å². The van der Waals surface area contributed by atoms with E-state index >= 15 is 0 Å². The zero-order chi connectivity index (χ0) is 20.2. The number of para-hydroxylation sites is 1. The molecule has 1 fully saturated rings. The molecule has 1 saturated heterocycles. The van der Waals surface area contributed by atoms with E-state index in [0.29, 0.717) is 24.9 Å². The Bertz CT molecular complexity index is 875. The Morgan fingerprint density at radius 2 is 1.97 bits per heavy atom. The first-order chi connectivity index (χ1) is 14.1. The number of hydrogen-bond acceptors (Lipinski definition) is 5. The average molecular weight is 393 g/mol. The molecule has 0 aliphatic carbocycles. The summed E-state index contributed by atoms with van der Waals surface area (Å²) in [4.78, 5) is 33.7. The fourth-order valence-electron chi connectivity index (χ4n) is 3.86. The lowest BCUT2D eigenvalue weighted by Crippen LogP contribution is -2.44. The zero-order valence-corrected chi connectivity index (χ0v) is 16.7. The fraction of sp³-hybridized carbons (Fsp3) is 0.409. The number of nitrogens with one attached hydrogen (secondary N) is 2. The van der Waals surface area contributed by atoms with Gasteiger partial charge in [0.2, 0.25) is 11.8 Å². The number of anilines is 3. The van der Waals surface area contributed by atoms with Gasteiger partial charge in [-0.2, -0.15) is 0 Å². The third kappa shape index (κ3) is 4.74. The summed E-state index contributed by atoms with van der Waals surface area (Å²) < 4.78 is 0. The van der Waals surface area contributed by atoms with Crippen molar-refractivity contribution in [2.45, 2.75) is 19.3 Å². The summed E-state index contributed by atoms with van der Waals surface area (Å²) in [6, 6.07) is 11.7. The summed E-state index contributed by atoms with van der Waals surface area (Å²) in [6.45, 7) is 3.97. The molecule has 0 bridgehead atoms. The third-order valence-corrected chi connectivity index (χ3v) is 5.69. The van der Waals surface area contributed by atoms with E-state index in [2.05, 4.69) is 32.5 Å². The number of aromatic nitrogens is 1. The van der Waals surface area contributed by atoms with Gasteiger partial charge in [0.25, 0.3) is 0 Å². The van der Waals surface area contributed by atoms with Crippen LogP contribution in [0.4, 0.5) is 17.2 Å². The normalized spacial score (nSPS) is 19.4. The van der Waals surface area contributed by atoms with E-state index < -0.39 is 0 Å². The summed E-state index contributed by atoms with van der Waals surface area (Å²) in [7, 11) is 2.12. The molecule has 0 spiro atoms. The Morgan fingerprint density at radius 3 is 2.72 bits per heavy atom. The van der Waals surface area contributed by atoms with Crippen molar-refractivity contribution in [2.75, 3.05) is 48.8 Å². The highest BCUT2D eigenvalue weighted by molar-refractivity contribution is 5.96. The van der Waals surface area contributed by atoms with Gasteiger partial charge in [0.1, 0.15) is 5.82 Å². The van der Waals surface area contributed by atoms with Crippen molar-refractivity contribution in [3.05, 3.63) is 48.2 Å². The molecule has 0 radical (unpaired) electrons. The molecule has 4 rings (SSSR count). The monoisotopic (exact) mass is 393 g/mol. The lowest BCUT2D eigenvalue weighted by atomic mass is 9.89. The summed E-state index contributed by atoms with van der Waals surface area (Å²) in [5, 5.41) is 5.83. The number of likely N-dealkylation sites (N-methyl/N-ethyl adjacent to an activating group) is 1. The number of amides is 2. The van der Waals surface area contributed by atoms with Crippen LogP contribution in [0.25, 0.3) is 0 Å². The van der Waals surface area contributed by atoms with Crippen molar-refractivity contribution in [3.8, 4) is 0 Å². The van der Waals surface area contributed by atoms with E-state index in [1.807, 2.05) is 36.4 Å². The van der Waals surface area contributed by atoms with Gasteiger partial charge >= 0.3 is 0 Å². The molecule has 3 heterocycles. The van der Waals surface area contributed by atoms with Gasteiger partial charge < -0.3 is 20.4 Å². The summed E-state index contributed by atoms with van der Waals surface area (Å²) in [5.41, 5.74) is 2.69. The van der Waals surface area contributed by atoms with Crippen LogP contribution in [0.2, 0.25) is 0 Å². The van der Waals surface area contributed by atoms with Gasteiger partial charge in [0.15, 0.2) is 0 Å². The van der Waals surface area contributed by atoms with Crippen LogP contribution in [-0.2, 0) is 16.0 Å². The smallest absolute Gasteiger partial charge is 0.227 e. The number of rotatable bonds is 5. The molecule has 152 valence electrons. The predicted molar refractivity (Wildman–Crippen MR) is 114 cm³/mol. The summed E-state index contributed by atoms with van der Waals surface area (Å²) >= 11 is 0. The van der Waals surface area contributed by atoms with Crippen LogP contribution >= 0.6 is 0 Å². The minimum atomic E-state index is -0.173. The Kier molecular flexibility index (Phi) is 5.76. The highest BCUT2D eigenvalue weighted by Gasteiger charge is 2.26. The maximum absolute atomic E-state index is 12.3. The molecule has 0 saturated carbocycles. The molecular formula is C22H27N5O2. The van der Waals surface area contributed by atoms with Gasteiger partial charge in [0.05, 0.1) is 11.9 Å². The molecule has 2 amide bonds. The van der Waals surface area contributed by atoms with E-state index in [1.54, 1.807) is 6.20 Å². The van der Waals surface area contributed by atoms with E-state index in [4.69, 9.17) is 0 Å². The van der Waals surface area contributed by atoms with Crippen molar-refractivity contribution < 1.29 is 9.59 Å². The number of benzene rings is 1. The fourth-order valence-corrected chi connectivity index (χ4v) is 3.86. The van der Waals surface area contributed by atoms with E-state index in [1.165, 1.54) is 0 Å². The van der Waals surface area contributed by atoms with E-state index in [9.17, 15) is 9.59 Å².